The lowest BCUT2D eigenvalue weighted by molar-refractivity contribution is 0.0946. The molecule has 0 radical (unpaired) electrons. The van der Waals surface area contributed by atoms with Crippen molar-refractivity contribution >= 4 is 17.5 Å². The van der Waals surface area contributed by atoms with E-state index in [4.69, 9.17) is 16.7 Å². The second kappa shape index (κ2) is 7.38. The zero-order valence-electron chi connectivity index (χ0n) is 10.9. The highest BCUT2D eigenvalue weighted by atomic mass is 35.5. The van der Waals surface area contributed by atoms with Crippen LogP contribution in [0.25, 0.3) is 0 Å². The average Bonchev–Trinajstić information content (AvgIpc) is 2.44. The van der Waals surface area contributed by atoms with Gasteiger partial charge in [-0.2, -0.15) is 4.39 Å². The van der Waals surface area contributed by atoms with Crippen LogP contribution in [0.4, 0.5) is 13.2 Å². The highest BCUT2D eigenvalue weighted by Crippen LogP contribution is 2.25. The molecule has 1 aromatic rings. The smallest absolute Gasteiger partial charge is 0.254 e. The summed E-state index contributed by atoms with van der Waals surface area (Å²) in [7, 11) is 0. The largest absolute Gasteiger partial charge is 0.503 e. The van der Waals surface area contributed by atoms with E-state index in [-0.39, 0.29) is 12.5 Å². The first kappa shape index (κ1) is 16.6. The Morgan fingerprint density at radius 2 is 2.05 bits per heavy atom. The van der Waals surface area contributed by atoms with Gasteiger partial charge in [-0.15, -0.1) is 11.6 Å². The minimum Gasteiger partial charge on any atom is -0.503 e. The Bertz CT molecular complexity index is 497. The number of carbonyl (C=O) groups is 1. The zero-order valence-corrected chi connectivity index (χ0v) is 11.6. The van der Waals surface area contributed by atoms with Crippen molar-refractivity contribution in [3.63, 3.8) is 0 Å². The van der Waals surface area contributed by atoms with Crippen LogP contribution in [0, 0.1) is 23.4 Å². The summed E-state index contributed by atoms with van der Waals surface area (Å²) in [6.45, 7) is 2.20. The molecule has 112 valence electrons. The number of nitrogens with one attached hydrogen (secondary N) is 1. The summed E-state index contributed by atoms with van der Waals surface area (Å²) < 4.78 is 39.3. The van der Waals surface area contributed by atoms with E-state index in [1.54, 1.807) is 0 Å². The van der Waals surface area contributed by atoms with Crippen LogP contribution in [0.2, 0.25) is 0 Å². The summed E-state index contributed by atoms with van der Waals surface area (Å²) in [6, 6.07) is 0.418. The fraction of sp³-hybridized carbons (Fsp3) is 0.462. The summed E-state index contributed by atoms with van der Waals surface area (Å²) in [4.78, 5) is 11.6. The summed E-state index contributed by atoms with van der Waals surface area (Å²) in [5.74, 6) is -6.28. The van der Waals surface area contributed by atoms with Gasteiger partial charge < -0.3 is 10.4 Å². The highest BCUT2D eigenvalue weighted by Gasteiger charge is 2.22. The van der Waals surface area contributed by atoms with Gasteiger partial charge in [0, 0.05) is 12.4 Å². The van der Waals surface area contributed by atoms with Gasteiger partial charge >= 0.3 is 0 Å². The van der Waals surface area contributed by atoms with E-state index in [1.807, 2.05) is 6.92 Å². The molecule has 0 aliphatic rings. The van der Waals surface area contributed by atoms with E-state index in [0.29, 0.717) is 18.4 Å². The lowest BCUT2D eigenvalue weighted by atomic mass is 10.1. The number of hydrogen-bond acceptors (Lipinski definition) is 2. The van der Waals surface area contributed by atoms with Gasteiger partial charge in [-0.1, -0.05) is 6.92 Å². The number of benzene rings is 1. The van der Waals surface area contributed by atoms with Crippen molar-refractivity contribution in [2.75, 3.05) is 12.4 Å². The Morgan fingerprint density at radius 3 is 2.65 bits per heavy atom. The van der Waals surface area contributed by atoms with Gasteiger partial charge in [0.1, 0.15) is 0 Å². The van der Waals surface area contributed by atoms with Crippen LogP contribution in [0.3, 0.4) is 0 Å². The van der Waals surface area contributed by atoms with Crippen molar-refractivity contribution in [3.8, 4) is 5.75 Å². The van der Waals surface area contributed by atoms with Crippen molar-refractivity contribution in [1.82, 2.24) is 5.32 Å². The molecule has 1 unspecified atom stereocenters. The second-order valence-corrected chi connectivity index (χ2v) is 4.85. The van der Waals surface area contributed by atoms with Gasteiger partial charge in [0.05, 0.1) is 5.56 Å². The molecule has 0 aromatic heterocycles. The maximum atomic E-state index is 13.4. The molecule has 0 aliphatic carbocycles. The molecule has 7 heteroatoms. The molecule has 1 aromatic carbocycles. The quantitative estimate of drug-likeness (QED) is 0.482. The third kappa shape index (κ3) is 4.03. The van der Waals surface area contributed by atoms with Gasteiger partial charge in [-0.05, 0) is 24.8 Å². The number of hydrogen-bond donors (Lipinski definition) is 2. The zero-order chi connectivity index (χ0) is 15.3. The molecular formula is C13H15ClF3NO2. The van der Waals surface area contributed by atoms with E-state index < -0.39 is 34.7 Å². The normalized spacial score (nSPS) is 12.2. The standard InChI is InChI=1S/C13H15ClF3NO2/c1-7(6-14)3-2-4-18-13(20)8-5-9(15)11(17)12(19)10(8)16/h5,7,19H,2-4,6H2,1H3,(H,18,20). The van der Waals surface area contributed by atoms with Gasteiger partial charge in [0.25, 0.3) is 5.91 Å². The number of phenolic OH excluding ortho intramolecular Hbond substituents is 1. The SMILES string of the molecule is CC(CCl)CCCNC(=O)c1cc(F)c(F)c(O)c1F. The molecule has 0 aliphatic heterocycles. The number of carbonyl (C=O) groups excluding carboxylic acids is 1. The van der Waals surface area contributed by atoms with Crippen LogP contribution >= 0.6 is 11.6 Å². The maximum Gasteiger partial charge on any atom is 0.254 e. The summed E-state index contributed by atoms with van der Waals surface area (Å²) in [5, 5.41) is 11.4. The molecule has 0 bridgehead atoms. The van der Waals surface area contributed by atoms with Crippen LogP contribution in [-0.4, -0.2) is 23.4 Å². The van der Waals surface area contributed by atoms with Crippen LogP contribution in [0.15, 0.2) is 6.07 Å². The molecule has 0 heterocycles. The lowest BCUT2D eigenvalue weighted by Gasteiger charge is -2.09. The fourth-order valence-electron chi connectivity index (χ4n) is 1.58. The second-order valence-electron chi connectivity index (χ2n) is 4.54. The van der Waals surface area contributed by atoms with Crippen molar-refractivity contribution in [2.45, 2.75) is 19.8 Å². The Morgan fingerprint density at radius 1 is 1.40 bits per heavy atom. The van der Waals surface area contributed by atoms with E-state index in [1.165, 1.54) is 0 Å². The summed E-state index contributed by atoms with van der Waals surface area (Å²) in [6.07, 6.45) is 1.40. The van der Waals surface area contributed by atoms with Gasteiger partial charge in [0.15, 0.2) is 17.4 Å². The maximum absolute atomic E-state index is 13.4. The molecule has 20 heavy (non-hydrogen) atoms. The first-order chi connectivity index (χ1) is 9.38. The predicted molar refractivity (Wildman–Crippen MR) is 69.4 cm³/mol. The topological polar surface area (TPSA) is 49.3 Å². The van der Waals surface area contributed by atoms with Gasteiger partial charge in [-0.25, -0.2) is 8.78 Å². The van der Waals surface area contributed by atoms with Crippen molar-refractivity contribution in [1.29, 1.82) is 0 Å². The molecule has 1 amide bonds. The van der Waals surface area contributed by atoms with E-state index in [9.17, 15) is 18.0 Å². The first-order valence-electron chi connectivity index (χ1n) is 6.09. The molecule has 0 spiro atoms. The summed E-state index contributed by atoms with van der Waals surface area (Å²) in [5.41, 5.74) is -0.730. The molecule has 0 saturated carbocycles. The lowest BCUT2D eigenvalue weighted by Crippen LogP contribution is -2.26. The molecule has 0 fully saturated rings. The first-order valence-corrected chi connectivity index (χ1v) is 6.62. The third-order valence-corrected chi connectivity index (χ3v) is 3.33. The minimum absolute atomic E-state index is 0.249. The van der Waals surface area contributed by atoms with Crippen LogP contribution < -0.4 is 5.32 Å². The molecule has 3 nitrogen and oxygen atoms in total. The monoisotopic (exact) mass is 309 g/mol. The van der Waals surface area contributed by atoms with Crippen molar-refractivity contribution < 1.29 is 23.1 Å². The van der Waals surface area contributed by atoms with Gasteiger partial charge in [-0.3, -0.25) is 4.79 Å². The molecule has 1 rings (SSSR count). The average molecular weight is 310 g/mol. The Kier molecular flexibility index (Phi) is 6.13. The van der Waals surface area contributed by atoms with E-state index in [2.05, 4.69) is 5.32 Å². The van der Waals surface area contributed by atoms with Crippen molar-refractivity contribution in [3.05, 3.63) is 29.1 Å². The summed E-state index contributed by atoms with van der Waals surface area (Å²) >= 11 is 5.62. The Hall–Kier alpha value is -1.43. The fourth-order valence-corrected chi connectivity index (χ4v) is 1.73. The number of amides is 1. The Balaban J connectivity index is 2.65. The Labute approximate surface area is 119 Å². The van der Waals surface area contributed by atoms with E-state index in [0.717, 1.165) is 6.42 Å². The molecule has 1 atom stereocenters. The number of rotatable bonds is 6. The molecule has 2 N–H and O–H groups in total. The number of alkyl halides is 1. The molecular weight excluding hydrogens is 295 g/mol. The number of aromatic hydroxyl groups is 1. The minimum atomic E-state index is -1.71. The number of halogens is 4. The van der Waals surface area contributed by atoms with E-state index >= 15 is 0 Å². The van der Waals surface area contributed by atoms with Crippen molar-refractivity contribution in [2.24, 2.45) is 5.92 Å². The number of phenols is 1. The highest BCUT2D eigenvalue weighted by molar-refractivity contribution is 6.18. The van der Waals surface area contributed by atoms with Crippen LogP contribution in [0.5, 0.6) is 5.75 Å². The predicted octanol–water partition coefficient (Wildman–Crippen LogP) is 3.19. The van der Waals surface area contributed by atoms with Gasteiger partial charge in [0.2, 0.25) is 5.82 Å². The molecule has 0 saturated heterocycles. The van der Waals surface area contributed by atoms with Crippen LogP contribution in [-0.2, 0) is 0 Å². The van der Waals surface area contributed by atoms with Crippen LogP contribution in [0.1, 0.15) is 30.1 Å². The third-order valence-electron chi connectivity index (χ3n) is 2.80.